The standard InChI is InChI=1S/C15H18N2O2/c1-3-9-17-11-12(10-16-17)19-15-8-6-5-7-13(15)14(18)4-2/h5-8,10-11H,3-4,9H2,1-2H3. The van der Waals surface area contributed by atoms with Crippen LogP contribution < -0.4 is 4.74 Å². The molecular formula is C15H18N2O2. The van der Waals surface area contributed by atoms with Gasteiger partial charge in [0.05, 0.1) is 18.0 Å². The fourth-order valence-corrected chi connectivity index (χ4v) is 1.85. The molecular weight excluding hydrogens is 240 g/mol. The molecule has 1 heterocycles. The molecule has 19 heavy (non-hydrogen) atoms. The first kappa shape index (κ1) is 13.3. The molecule has 1 aromatic heterocycles. The number of para-hydroxylation sites is 1. The van der Waals surface area contributed by atoms with Crippen molar-refractivity contribution in [2.75, 3.05) is 0 Å². The molecule has 0 aliphatic rings. The zero-order valence-corrected chi connectivity index (χ0v) is 11.3. The van der Waals surface area contributed by atoms with Crippen molar-refractivity contribution in [3.63, 3.8) is 0 Å². The van der Waals surface area contributed by atoms with Gasteiger partial charge in [0.15, 0.2) is 11.5 Å². The molecule has 0 N–H and O–H groups in total. The zero-order valence-electron chi connectivity index (χ0n) is 11.3. The van der Waals surface area contributed by atoms with Crippen molar-refractivity contribution in [3.05, 3.63) is 42.2 Å². The maximum absolute atomic E-state index is 11.8. The van der Waals surface area contributed by atoms with E-state index in [4.69, 9.17) is 4.74 Å². The van der Waals surface area contributed by atoms with Gasteiger partial charge < -0.3 is 4.74 Å². The van der Waals surface area contributed by atoms with Gasteiger partial charge in [-0.25, -0.2) is 0 Å². The molecule has 0 fully saturated rings. The summed E-state index contributed by atoms with van der Waals surface area (Å²) >= 11 is 0. The molecule has 0 saturated carbocycles. The minimum absolute atomic E-state index is 0.0801. The van der Waals surface area contributed by atoms with E-state index >= 15 is 0 Å². The molecule has 0 aliphatic carbocycles. The van der Waals surface area contributed by atoms with Gasteiger partial charge in [-0.3, -0.25) is 9.48 Å². The fourth-order valence-electron chi connectivity index (χ4n) is 1.85. The van der Waals surface area contributed by atoms with Crippen LogP contribution in [0.2, 0.25) is 0 Å². The summed E-state index contributed by atoms with van der Waals surface area (Å²) in [5.41, 5.74) is 0.619. The topological polar surface area (TPSA) is 44.1 Å². The molecule has 0 atom stereocenters. The van der Waals surface area contributed by atoms with Crippen molar-refractivity contribution in [2.45, 2.75) is 33.2 Å². The highest BCUT2D eigenvalue weighted by Crippen LogP contribution is 2.25. The van der Waals surface area contributed by atoms with Gasteiger partial charge >= 0.3 is 0 Å². The van der Waals surface area contributed by atoms with Crippen LogP contribution in [0.3, 0.4) is 0 Å². The van der Waals surface area contributed by atoms with Gasteiger partial charge in [0.2, 0.25) is 0 Å². The molecule has 2 aromatic rings. The van der Waals surface area contributed by atoms with Crippen LogP contribution >= 0.6 is 0 Å². The Balaban J connectivity index is 2.20. The molecule has 4 nitrogen and oxygen atoms in total. The Morgan fingerprint density at radius 3 is 2.84 bits per heavy atom. The Kier molecular flexibility index (Phi) is 4.34. The third-order valence-electron chi connectivity index (χ3n) is 2.80. The van der Waals surface area contributed by atoms with E-state index in [9.17, 15) is 4.79 Å². The highest BCUT2D eigenvalue weighted by atomic mass is 16.5. The number of hydrogen-bond donors (Lipinski definition) is 0. The zero-order chi connectivity index (χ0) is 13.7. The Labute approximate surface area is 113 Å². The third-order valence-corrected chi connectivity index (χ3v) is 2.80. The average molecular weight is 258 g/mol. The van der Waals surface area contributed by atoms with Crippen LogP contribution in [-0.4, -0.2) is 15.6 Å². The number of benzene rings is 1. The maximum Gasteiger partial charge on any atom is 0.166 e. The molecule has 0 bridgehead atoms. The van der Waals surface area contributed by atoms with E-state index < -0.39 is 0 Å². The molecule has 0 amide bonds. The highest BCUT2D eigenvalue weighted by Gasteiger charge is 2.11. The molecule has 2 rings (SSSR count). The number of ketones is 1. The van der Waals surface area contributed by atoms with Crippen molar-refractivity contribution in [2.24, 2.45) is 0 Å². The van der Waals surface area contributed by atoms with Crippen LogP contribution in [0.5, 0.6) is 11.5 Å². The highest BCUT2D eigenvalue weighted by molar-refractivity contribution is 5.98. The Hall–Kier alpha value is -2.10. The average Bonchev–Trinajstić information content (AvgIpc) is 2.86. The lowest BCUT2D eigenvalue weighted by molar-refractivity contribution is 0.0986. The molecule has 1 aromatic carbocycles. The second-order valence-corrected chi connectivity index (χ2v) is 4.31. The van der Waals surface area contributed by atoms with Gasteiger partial charge in [0.25, 0.3) is 0 Å². The Morgan fingerprint density at radius 2 is 2.11 bits per heavy atom. The van der Waals surface area contributed by atoms with Crippen LogP contribution in [0.4, 0.5) is 0 Å². The molecule has 100 valence electrons. The lowest BCUT2D eigenvalue weighted by atomic mass is 10.1. The predicted octanol–water partition coefficient (Wildman–Crippen LogP) is 3.68. The van der Waals surface area contributed by atoms with Gasteiger partial charge in [-0.1, -0.05) is 26.0 Å². The van der Waals surface area contributed by atoms with Gasteiger partial charge in [0, 0.05) is 13.0 Å². The number of carbonyl (C=O) groups excluding carboxylic acids is 1. The van der Waals surface area contributed by atoms with Crippen molar-refractivity contribution in [1.29, 1.82) is 0 Å². The largest absolute Gasteiger partial charge is 0.453 e. The van der Waals surface area contributed by atoms with E-state index in [-0.39, 0.29) is 5.78 Å². The first-order valence-corrected chi connectivity index (χ1v) is 6.57. The third kappa shape index (κ3) is 3.22. The first-order chi connectivity index (χ1) is 9.24. The summed E-state index contributed by atoms with van der Waals surface area (Å²) in [4.78, 5) is 11.8. The SMILES string of the molecule is CCCn1cc(Oc2ccccc2C(=O)CC)cn1. The van der Waals surface area contributed by atoms with Crippen LogP contribution in [0.1, 0.15) is 37.0 Å². The van der Waals surface area contributed by atoms with E-state index in [0.29, 0.717) is 23.5 Å². The smallest absolute Gasteiger partial charge is 0.166 e. The number of hydrogen-bond acceptors (Lipinski definition) is 3. The van der Waals surface area contributed by atoms with Crippen molar-refractivity contribution in [3.8, 4) is 11.5 Å². The van der Waals surface area contributed by atoms with E-state index in [1.54, 1.807) is 18.3 Å². The first-order valence-electron chi connectivity index (χ1n) is 6.57. The van der Waals surface area contributed by atoms with E-state index in [0.717, 1.165) is 13.0 Å². The predicted molar refractivity (Wildman–Crippen MR) is 73.7 cm³/mol. The van der Waals surface area contributed by atoms with Crippen molar-refractivity contribution >= 4 is 5.78 Å². The molecule has 0 aliphatic heterocycles. The van der Waals surface area contributed by atoms with Gasteiger partial charge in [-0.2, -0.15) is 5.10 Å². The number of carbonyl (C=O) groups is 1. The second kappa shape index (κ2) is 6.18. The fraction of sp³-hybridized carbons (Fsp3) is 0.333. The summed E-state index contributed by atoms with van der Waals surface area (Å²) < 4.78 is 7.59. The van der Waals surface area contributed by atoms with E-state index in [2.05, 4.69) is 12.0 Å². The maximum atomic E-state index is 11.8. The van der Waals surface area contributed by atoms with Gasteiger partial charge in [-0.15, -0.1) is 0 Å². The summed E-state index contributed by atoms with van der Waals surface area (Å²) in [6, 6.07) is 7.30. The monoisotopic (exact) mass is 258 g/mol. The van der Waals surface area contributed by atoms with Gasteiger partial charge in [0.1, 0.15) is 5.75 Å². The molecule has 0 spiro atoms. The number of ether oxygens (including phenoxy) is 1. The number of aryl methyl sites for hydroxylation is 1. The molecule has 0 radical (unpaired) electrons. The number of Topliss-reactive ketones (excluding diaryl/α,β-unsaturated/α-hetero) is 1. The van der Waals surface area contributed by atoms with Crippen molar-refractivity contribution < 1.29 is 9.53 Å². The summed E-state index contributed by atoms with van der Waals surface area (Å²) in [5.74, 6) is 1.33. The normalized spacial score (nSPS) is 10.4. The second-order valence-electron chi connectivity index (χ2n) is 4.31. The Morgan fingerprint density at radius 1 is 1.32 bits per heavy atom. The Bertz CT molecular complexity index is 561. The lowest BCUT2D eigenvalue weighted by Gasteiger charge is -2.07. The van der Waals surface area contributed by atoms with Crippen LogP contribution in [-0.2, 0) is 6.54 Å². The van der Waals surface area contributed by atoms with Crippen LogP contribution in [0.15, 0.2) is 36.7 Å². The quantitative estimate of drug-likeness (QED) is 0.742. The minimum Gasteiger partial charge on any atom is -0.453 e. The summed E-state index contributed by atoms with van der Waals surface area (Å²) in [5, 5.41) is 4.20. The minimum atomic E-state index is 0.0801. The number of nitrogens with zero attached hydrogens (tertiary/aromatic N) is 2. The number of rotatable bonds is 6. The molecule has 4 heteroatoms. The summed E-state index contributed by atoms with van der Waals surface area (Å²) in [7, 11) is 0. The summed E-state index contributed by atoms with van der Waals surface area (Å²) in [6.45, 7) is 4.80. The number of aromatic nitrogens is 2. The van der Waals surface area contributed by atoms with Crippen LogP contribution in [0, 0.1) is 0 Å². The van der Waals surface area contributed by atoms with E-state index in [1.807, 2.05) is 29.9 Å². The van der Waals surface area contributed by atoms with Gasteiger partial charge in [-0.05, 0) is 18.6 Å². The van der Waals surface area contributed by atoms with Crippen molar-refractivity contribution in [1.82, 2.24) is 9.78 Å². The van der Waals surface area contributed by atoms with E-state index in [1.165, 1.54) is 0 Å². The molecule has 0 saturated heterocycles. The lowest BCUT2D eigenvalue weighted by Crippen LogP contribution is -1.99. The van der Waals surface area contributed by atoms with Crippen LogP contribution in [0.25, 0.3) is 0 Å². The summed E-state index contributed by atoms with van der Waals surface area (Å²) in [6.07, 6.45) is 5.00. The molecule has 0 unspecified atom stereocenters.